The number of nitrogens with zero attached hydrogens (tertiary/aromatic N) is 3. The van der Waals surface area contributed by atoms with Crippen molar-refractivity contribution < 1.29 is 19.2 Å². The van der Waals surface area contributed by atoms with Crippen LogP contribution in [0.25, 0.3) is 21.8 Å². The molecule has 2 aliphatic rings. The van der Waals surface area contributed by atoms with Crippen LogP contribution in [0.3, 0.4) is 0 Å². The number of rotatable bonds is 5. The summed E-state index contributed by atoms with van der Waals surface area (Å²) in [5.74, 6) is 0.189. The fraction of sp³-hybridized carbons (Fsp3) is 0.182. The van der Waals surface area contributed by atoms with Crippen LogP contribution in [0, 0.1) is 0 Å². The van der Waals surface area contributed by atoms with Crippen LogP contribution >= 0.6 is 0 Å². The first-order valence-corrected chi connectivity index (χ1v) is 13.4. The average Bonchev–Trinajstić information content (AvgIpc) is 3.68. The van der Waals surface area contributed by atoms with Crippen molar-refractivity contribution in [1.82, 2.24) is 4.57 Å². The smallest absolute Gasteiger partial charge is 0.331 e. The Morgan fingerprint density at radius 3 is 2.30 bits per heavy atom. The van der Waals surface area contributed by atoms with Gasteiger partial charge in [-0.1, -0.05) is 29.4 Å². The van der Waals surface area contributed by atoms with Gasteiger partial charge in [-0.25, -0.2) is 4.79 Å². The third-order valence-corrected chi connectivity index (χ3v) is 7.85. The Hall–Kier alpha value is -4.91. The van der Waals surface area contributed by atoms with E-state index >= 15 is 0 Å². The lowest BCUT2D eigenvalue weighted by Gasteiger charge is -2.18. The third kappa shape index (κ3) is 3.85. The minimum Gasteiger partial charge on any atom is -0.486 e. The number of aromatic nitrogens is 1. The second-order valence-electron chi connectivity index (χ2n) is 10.2. The highest BCUT2D eigenvalue weighted by atomic mass is 16.7. The van der Waals surface area contributed by atoms with Gasteiger partial charge >= 0.3 is 5.97 Å². The van der Waals surface area contributed by atoms with E-state index < -0.39 is 5.97 Å². The quantitative estimate of drug-likeness (QED) is 0.153. The molecule has 7 nitrogen and oxygen atoms in total. The van der Waals surface area contributed by atoms with Crippen molar-refractivity contribution in [3.63, 3.8) is 0 Å². The SMILES string of the molecule is CCn1c2ccc(C(=O)c3ccc(N4Cc5ccccc5C4)cc3)cc2c2c3c(ccc21)/C(=N/OC(C)=O)CO3. The van der Waals surface area contributed by atoms with E-state index in [2.05, 4.69) is 45.8 Å². The van der Waals surface area contributed by atoms with Gasteiger partial charge in [-0.05, 0) is 72.6 Å². The third-order valence-electron chi connectivity index (χ3n) is 7.85. The molecular formula is C33H27N3O4. The van der Waals surface area contributed by atoms with E-state index in [9.17, 15) is 9.59 Å². The first-order valence-electron chi connectivity index (χ1n) is 13.4. The lowest BCUT2D eigenvalue weighted by atomic mass is 10.00. The van der Waals surface area contributed by atoms with Crippen molar-refractivity contribution in [2.75, 3.05) is 11.5 Å². The van der Waals surface area contributed by atoms with E-state index in [1.165, 1.54) is 18.1 Å². The van der Waals surface area contributed by atoms with Crippen LogP contribution in [-0.2, 0) is 29.3 Å². The van der Waals surface area contributed by atoms with E-state index in [0.29, 0.717) is 22.6 Å². The first kappa shape index (κ1) is 24.2. The molecule has 0 saturated carbocycles. The summed E-state index contributed by atoms with van der Waals surface area (Å²) in [5, 5.41) is 5.86. The number of hydrogen-bond donors (Lipinski definition) is 0. The molecule has 0 unspecified atom stereocenters. The topological polar surface area (TPSA) is 73.1 Å². The summed E-state index contributed by atoms with van der Waals surface area (Å²) >= 11 is 0. The van der Waals surface area contributed by atoms with Crippen molar-refractivity contribution in [1.29, 1.82) is 0 Å². The van der Waals surface area contributed by atoms with Crippen LogP contribution < -0.4 is 9.64 Å². The van der Waals surface area contributed by atoms with Crippen LogP contribution in [0.15, 0.2) is 84.0 Å². The zero-order valence-electron chi connectivity index (χ0n) is 22.3. The predicted molar refractivity (Wildman–Crippen MR) is 155 cm³/mol. The minimum absolute atomic E-state index is 0.0267. The van der Waals surface area contributed by atoms with Crippen molar-refractivity contribution in [3.8, 4) is 5.75 Å². The molecule has 0 amide bonds. The van der Waals surface area contributed by atoms with Gasteiger partial charge in [0.2, 0.25) is 0 Å². The molecule has 0 aliphatic carbocycles. The predicted octanol–water partition coefficient (Wildman–Crippen LogP) is 6.23. The number of anilines is 1. The van der Waals surface area contributed by atoms with Gasteiger partial charge in [0.05, 0.1) is 10.9 Å². The second kappa shape index (κ2) is 9.38. The second-order valence-corrected chi connectivity index (χ2v) is 10.2. The van der Waals surface area contributed by atoms with Crippen molar-refractivity contribution in [3.05, 3.63) is 107 Å². The van der Waals surface area contributed by atoms with Gasteiger partial charge in [-0.3, -0.25) is 4.79 Å². The lowest BCUT2D eigenvalue weighted by molar-refractivity contribution is -0.140. The van der Waals surface area contributed by atoms with Crippen molar-refractivity contribution in [2.45, 2.75) is 33.5 Å². The molecular weight excluding hydrogens is 502 g/mol. The summed E-state index contributed by atoms with van der Waals surface area (Å²) in [6.45, 7) is 6.15. The van der Waals surface area contributed by atoms with Gasteiger partial charge in [-0.2, -0.15) is 0 Å². The molecule has 0 saturated heterocycles. The molecule has 4 aromatic carbocycles. The van der Waals surface area contributed by atoms with Gasteiger partial charge in [-0.15, -0.1) is 0 Å². The molecule has 0 fully saturated rings. The number of benzene rings is 4. The monoisotopic (exact) mass is 529 g/mol. The Labute approximate surface area is 231 Å². The Balaban J connectivity index is 1.24. The summed E-state index contributed by atoms with van der Waals surface area (Å²) in [6, 6.07) is 26.3. The van der Waals surface area contributed by atoms with Gasteiger partial charge in [0.15, 0.2) is 5.78 Å². The van der Waals surface area contributed by atoms with Crippen LogP contribution in [0.1, 0.15) is 46.5 Å². The molecule has 40 heavy (non-hydrogen) atoms. The summed E-state index contributed by atoms with van der Waals surface area (Å²) in [6.07, 6.45) is 0. The number of carbonyl (C=O) groups is 2. The minimum atomic E-state index is -0.480. The van der Waals surface area contributed by atoms with E-state index in [-0.39, 0.29) is 12.4 Å². The van der Waals surface area contributed by atoms with Crippen molar-refractivity contribution >= 4 is 45.0 Å². The highest BCUT2D eigenvalue weighted by Gasteiger charge is 2.27. The van der Waals surface area contributed by atoms with E-state index in [4.69, 9.17) is 9.57 Å². The number of ketones is 1. The fourth-order valence-electron chi connectivity index (χ4n) is 5.94. The van der Waals surface area contributed by atoms with Crippen molar-refractivity contribution in [2.24, 2.45) is 5.16 Å². The number of aryl methyl sites for hydroxylation is 1. The van der Waals surface area contributed by atoms with E-state index in [1.54, 1.807) is 0 Å². The number of hydrogen-bond acceptors (Lipinski definition) is 6. The Bertz CT molecular complexity index is 1840. The number of oxime groups is 1. The maximum Gasteiger partial charge on any atom is 0.331 e. The molecule has 0 N–H and O–H groups in total. The summed E-state index contributed by atoms with van der Waals surface area (Å²) in [7, 11) is 0. The first-order chi connectivity index (χ1) is 19.5. The van der Waals surface area contributed by atoms with Gasteiger partial charge in [0, 0.05) is 59.8 Å². The van der Waals surface area contributed by atoms with Gasteiger partial charge in [0.1, 0.15) is 18.1 Å². The van der Waals surface area contributed by atoms with Crippen LogP contribution in [0.2, 0.25) is 0 Å². The number of fused-ring (bicyclic) bond motifs is 6. The Morgan fingerprint density at radius 2 is 1.60 bits per heavy atom. The molecule has 0 atom stereocenters. The van der Waals surface area contributed by atoms with Gasteiger partial charge < -0.3 is 19.0 Å². The van der Waals surface area contributed by atoms with Crippen LogP contribution in [0.5, 0.6) is 5.75 Å². The van der Waals surface area contributed by atoms with E-state index in [0.717, 1.165) is 52.7 Å². The highest BCUT2D eigenvalue weighted by molar-refractivity contribution is 6.20. The number of ether oxygens (including phenoxy) is 1. The Kier molecular flexibility index (Phi) is 5.66. The van der Waals surface area contributed by atoms with Crippen LogP contribution in [-0.4, -0.2) is 28.6 Å². The molecule has 0 bridgehead atoms. The zero-order chi connectivity index (χ0) is 27.4. The summed E-state index contributed by atoms with van der Waals surface area (Å²) in [5.41, 5.74) is 8.48. The standard InChI is InChI=1S/C33H27N3O4/c1-3-36-29-14-10-22(16-27(29)31-30(36)15-13-26-28(19-39-33(26)31)34-40-20(2)37)32(38)21-8-11-25(12-9-21)35-17-23-6-4-5-7-24(23)18-35/h4-16H,3,17-19H2,1-2H3/b34-28+. The van der Waals surface area contributed by atoms with E-state index in [1.807, 2.05) is 54.6 Å². The molecule has 2 aliphatic heterocycles. The van der Waals surface area contributed by atoms with Crippen LogP contribution in [0.4, 0.5) is 5.69 Å². The highest BCUT2D eigenvalue weighted by Crippen LogP contribution is 2.41. The molecule has 7 rings (SSSR count). The number of carbonyl (C=O) groups excluding carboxylic acids is 2. The van der Waals surface area contributed by atoms with Gasteiger partial charge in [0.25, 0.3) is 0 Å². The maximum atomic E-state index is 13.6. The molecule has 3 heterocycles. The maximum absolute atomic E-state index is 13.6. The lowest BCUT2D eigenvalue weighted by Crippen LogP contribution is -2.14. The average molecular weight is 530 g/mol. The molecule has 1 aromatic heterocycles. The summed E-state index contributed by atoms with van der Waals surface area (Å²) < 4.78 is 8.28. The normalized spacial score (nSPS) is 14.9. The molecule has 0 radical (unpaired) electrons. The molecule has 5 aromatic rings. The molecule has 7 heteroatoms. The summed E-state index contributed by atoms with van der Waals surface area (Å²) in [4.78, 5) is 32.1. The molecule has 198 valence electrons. The fourth-order valence-corrected chi connectivity index (χ4v) is 5.94. The largest absolute Gasteiger partial charge is 0.486 e. The molecule has 0 spiro atoms. The zero-order valence-corrected chi connectivity index (χ0v) is 22.3. The Morgan fingerprint density at radius 1 is 0.900 bits per heavy atom.